The molecule has 0 fully saturated rings. The first-order valence-corrected chi connectivity index (χ1v) is 10.9. The number of ether oxygens (including phenoxy) is 1. The van der Waals surface area contributed by atoms with E-state index in [1.165, 1.54) is 30.5 Å². The molecule has 0 atom stereocenters. The molecular formula is C28H22FN3O3. The minimum Gasteiger partial charge on any atom is -0.488 e. The highest BCUT2D eigenvalue weighted by Gasteiger charge is 2.14. The number of nitrogens with one attached hydrogen (secondary N) is 2. The zero-order valence-electron chi connectivity index (χ0n) is 18.6. The SMILES string of the molecule is O=C(Nc1ccccc1C(=O)NN=Cc1ccccc1OCc1ccccc1)c1ccc(F)cc1. The summed E-state index contributed by atoms with van der Waals surface area (Å²) in [5, 5.41) is 6.75. The molecule has 0 saturated carbocycles. The normalized spacial score (nSPS) is 10.7. The van der Waals surface area contributed by atoms with Crippen LogP contribution in [0, 0.1) is 5.82 Å². The van der Waals surface area contributed by atoms with Crippen molar-refractivity contribution in [2.75, 3.05) is 5.32 Å². The van der Waals surface area contributed by atoms with E-state index in [1.807, 2.05) is 54.6 Å². The van der Waals surface area contributed by atoms with Crippen molar-refractivity contribution >= 4 is 23.7 Å². The van der Waals surface area contributed by atoms with Crippen molar-refractivity contribution in [1.82, 2.24) is 5.43 Å². The van der Waals surface area contributed by atoms with E-state index >= 15 is 0 Å². The van der Waals surface area contributed by atoms with E-state index in [1.54, 1.807) is 24.3 Å². The van der Waals surface area contributed by atoms with Gasteiger partial charge in [0.25, 0.3) is 11.8 Å². The van der Waals surface area contributed by atoms with Gasteiger partial charge in [-0.15, -0.1) is 0 Å². The molecule has 0 heterocycles. The fourth-order valence-electron chi connectivity index (χ4n) is 3.26. The van der Waals surface area contributed by atoms with Gasteiger partial charge in [-0.1, -0.05) is 54.6 Å². The van der Waals surface area contributed by atoms with Gasteiger partial charge < -0.3 is 10.1 Å². The molecule has 0 aliphatic heterocycles. The Morgan fingerprint density at radius 3 is 2.29 bits per heavy atom. The molecule has 4 aromatic carbocycles. The molecular weight excluding hydrogens is 445 g/mol. The monoisotopic (exact) mass is 467 g/mol. The van der Waals surface area contributed by atoms with E-state index in [9.17, 15) is 14.0 Å². The molecule has 0 aromatic heterocycles. The Hall–Kier alpha value is -4.78. The maximum absolute atomic E-state index is 13.1. The Kier molecular flexibility index (Phi) is 7.60. The Labute approximate surface area is 202 Å². The van der Waals surface area contributed by atoms with Gasteiger partial charge in [0.1, 0.15) is 18.2 Å². The number of hydrogen-bond acceptors (Lipinski definition) is 4. The van der Waals surface area contributed by atoms with Crippen molar-refractivity contribution in [2.45, 2.75) is 6.61 Å². The molecule has 0 aliphatic rings. The van der Waals surface area contributed by atoms with Crippen molar-refractivity contribution in [3.63, 3.8) is 0 Å². The summed E-state index contributed by atoms with van der Waals surface area (Å²) >= 11 is 0. The van der Waals surface area contributed by atoms with E-state index in [-0.39, 0.29) is 11.1 Å². The second kappa shape index (κ2) is 11.4. The number of rotatable bonds is 8. The lowest BCUT2D eigenvalue weighted by molar-refractivity contribution is 0.0956. The minimum atomic E-state index is -0.501. The Morgan fingerprint density at radius 2 is 1.49 bits per heavy atom. The van der Waals surface area contributed by atoms with Crippen molar-refractivity contribution in [3.8, 4) is 5.75 Å². The van der Waals surface area contributed by atoms with E-state index in [0.29, 0.717) is 23.6 Å². The molecule has 6 nitrogen and oxygen atoms in total. The largest absolute Gasteiger partial charge is 0.488 e. The number of carbonyl (C=O) groups excluding carboxylic acids is 2. The zero-order valence-corrected chi connectivity index (χ0v) is 18.6. The van der Waals surface area contributed by atoms with Gasteiger partial charge >= 0.3 is 0 Å². The average Bonchev–Trinajstić information content (AvgIpc) is 2.89. The van der Waals surface area contributed by atoms with Gasteiger partial charge in [0, 0.05) is 11.1 Å². The lowest BCUT2D eigenvalue weighted by Crippen LogP contribution is -2.21. The number of hydrazone groups is 1. The number of nitrogens with zero attached hydrogens (tertiary/aromatic N) is 1. The van der Waals surface area contributed by atoms with Crippen LogP contribution in [-0.4, -0.2) is 18.0 Å². The predicted molar refractivity (Wildman–Crippen MR) is 133 cm³/mol. The van der Waals surface area contributed by atoms with Crippen molar-refractivity contribution in [1.29, 1.82) is 0 Å². The van der Waals surface area contributed by atoms with Crippen molar-refractivity contribution in [2.24, 2.45) is 5.10 Å². The fraction of sp³-hybridized carbons (Fsp3) is 0.0357. The van der Waals surface area contributed by atoms with Gasteiger partial charge in [0.05, 0.1) is 17.5 Å². The van der Waals surface area contributed by atoms with E-state index in [0.717, 1.165) is 5.56 Å². The number of benzene rings is 4. The first-order valence-electron chi connectivity index (χ1n) is 10.9. The van der Waals surface area contributed by atoms with Gasteiger partial charge in [-0.25, -0.2) is 9.82 Å². The molecule has 7 heteroatoms. The van der Waals surface area contributed by atoms with Crippen molar-refractivity contribution in [3.05, 3.63) is 131 Å². The summed E-state index contributed by atoms with van der Waals surface area (Å²) in [4.78, 5) is 25.2. The summed E-state index contributed by atoms with van der Waals surface area (Å²) < 4.78 is 19.0. The summed E-state index contributed by atoms with van der Waals surface area (Å²) in [5.74, 6) is -0.773. The quantitative estimate of drug-likeness (QED) is 0.268. The zero-order chi connectivity index (χ0) is 24.5. The third kappa shape index (κ3) is 6.39. The van der Waals surface area contributed by atoms with Crippen LogP contribution >= 0.6 is 0 Å². The van der Waals surface area contributed by atoms with Gasteiger partial charge in [-0.3, -0.25) is 9.59 Å². The molecule has 0 aliphatic carbocycles. The van der Waals surface area contributed by atoms with Crippen LogP contribution in [0.2, 0.25) is 0 Å². The molecule has 0 saturated heterocycles. The maximum atomic E-state index is 13.1. The van der Waals surface area contributed by atoms with Crippen LogP contribution in [0.25, 0.3) is 0 Å². The molecule has 0 radical (unpaired) electrons. The average molecular weight is 468 g/mol. The lowest BCUT2D eigenvalue weighted by Gasteiger charge is -2.10. The van der Waals surface area contributed by atoms with Crippen LogP contribution < -0.4 is 15.5 Å². The molecule has 0 spiro atoms. The molecule has 174 valence electrons. The second-order valence-corrected chi connectivity index (χ2v) is 7.52. The highest BCUT2D eigenvalue weighted by molar-refractivity contribution is 6.09. The minimum absolute atomic E-state index is 0.230. The number of amides is 2. The van der Waals surface area contributed by atoms with Crippen LogP contribution in [0.5, 0.6) is 5.75 Å². The molecule has 4 rings (SSSR count). The smallest absolute Gasteiger partial charge is 0.273 e. The topological polar surface area (TPSA) is 79.8 Å². The highest BCUT2D eigenvalue weighted by atomic mass is 19.1. The summed E-state index contributed by atoms with van der Waals surface area (Å²) in [6, 6.07) is 28.8. The molecule has 2 amide bonds. The van der Waals surface area contributed by atoms with Crippen LogP contribution in [0.15, 0.2) is 108 Å². The Morgan fingerprint density at radius 1 is 0.800 bits per heavy atom. The first-order chi connectivity index (χ1) is 17.1. The summed E-state index contributed by atoms with van der Waals surface area (Å²) in [5.41, 5.74) is 5.02. The Balaban J connectivity index is 1.42. The molecule has 0 unspecified atom stereocenters. The highest BCUT2D eigenvalue weighted by Crippen LogP contribution is 2.19. The number of hydrogen-bond donors (Lipinski definition) is 2. The van der Waals surface area contributed by atoms with E-state index in [2.05, 4.69) is 15.8 Å². The predicted octanol–water partition coefficient (Wildman–Crippen LogP) is 5.42. The van der Waals surface area contributed by atoms with Gasteiger partial charge in [-0.2, -0.15) is 5.10 Å². The van der Waals surface area contributed by atoms with Crippen molar-refractivity contribution < 1.29 is 18.7 Å². The van der Waals surface area contributed by atoms with Crippen LogP contribution in [0.1, 0.15) is 31.8 Å². The molecule has 0 bridgehead atoms. The van der Waals surface area contributed by atoms with Crippen LogP contribution in [-0.2, 0) is 6.61 Å². The molecule has 2 N–H and O–H groups in total. The number of anilines is 1. The van der Waals surface area contributed by atoms with Gasteiger partial charge in [0.2, 0.25) is 0 Å². The standard InChI is InChI=1S/C28H22FN3O3/c29-23-16-14-21(15-17-23)27(33)31-25-12-6-5-11-24(25)28(34)32-30-18-22-10-4-7-13-26(22)35-19-20-8-2-1-3-9-20/h1-18H,19H2,(H,31,33)(H,32,34). The fourth-order valence-corrected chi connectivity index (χ4v) is 3.26. The van der Waals surface area contributed by atoms with Gasteiger partial charge in [0.15, 0.2) is 0 Å². The first kappa shape index (κ1) is 23.4. The maximum Gasteiger partial charge on any atom is 0.273 e. The summed E-state index contributed by atoms with van der Waals surface area (Å²) in [6.07, 6.45) is 1.50. The van der Waals surface area contributed by atoms with E-state index < -0.39 is 17.6 Å². The van der Waals surface area contributed by atoms with E-state index in [4.69, 9.17) is 4.74 Å². The summed E-state index contributed by atoms with van der Waals surface area (Å²) in [6.45, 7) is 0.402. The molecule has 4 aromatic rings. The molecule has 35 heavy (non-hydrogen) atoms. The van der Waals surface area contributed by atoms with Gasteiger partial charge in [-0.05, 0) is 54.1 Å². The third-order valence-corrected chi connectivity index (χ3v) is 5.05. The number of carbonyl (C=O) groups is 2. The number of halogens is 1. The lowest BCUT2D eigenvalue weighted by atomic mass is 10.1. The van der Waals surface area contributed by atoms with Crippen LogP contribution in [0.4, 0.5) is 10.1 Å². The second-order valence-electron chi connectivity index (χ2n) is 7.52. The number of para-hydroxylation sites is 2. The Bertz CT molecular complexity index is 1340. The van der Waals surface area contributed by atoms with Crippen LogP contribution in [0.3, 0.4) is 0 Å². The third-order valence-electron chi connectivity index (χ3n) is 5.05. The summed E-state index contributed by atoms with van der Waals surface area (Å²) in [7, 11) is 0.